The number of rotatable bonds is 5. The van der Waals surface area contributed by atoms with Gasteiger partial charge in [-0.1, -0.05) is 48.5 Å². The van der Waals surface area contributed by atoms with Crippen LogP contribution in [-0.4, -0.2) is 11.9 Å². The Balaban J connectivity index is 1.82. The fourth-order valence-corrected chi connectivity index (χ4v) is 1.96. The Morgan fingerprint density at radius 2 is 1.58 bits per heavy atom. The summed E-state index contributed by atoms with van der Waals surface area (Å²) in [6.07, 6.45) is 1.03. The maximum absolute atomic E-state index is 11.8. The molecule has 3 nitrogen and oxygen atoms in total. The van der Waals surface area contributed by atoms with Crippen LogP contribution in [0.4, 0.5) is 5.69 Å². The van der Waals surface area contributed by atoms with Gasteiger partial charge in [0.15, 0.2) is 0 Å². The van der Waals surface area contributed by atoms with E-state index in [-0.39, 0.29) is 11.9 Å². The lowest BCUT2D eigenvalue weighted by Gasteiger charge is -2.11. The number of para-hydroxylation sites is 1. The second-order valence-electron chi connectivity index (χ2n) is 4.57. The highest BCUT2D eigenvalue weighted by molar-refractivity contribution is 5.91. The van der Waals surface area contributed by atoms with Crippen LogP contribution in [-0.2, 0) is 11.2 Å². The quantitative estimate of drug-likeness (QED) is 0.861. The van der Waals surface area contributed by atoms with Crippen molar-refractivity contribution < 1.29 is 4.79 Å². The Morgan fingerprint density at radius 1 is 1.00 bits per heavy atom. The highest BCUT2D eigenvalue weighted by atomic mass is 16.1. The molecule has 3 heteroatoms. The first-order chi connectivity index (χ1) is 9.24. The molecule has 0 heterocycles. The summed E-state index contributed by atoms with van der Waals surface area (Å²) < 4.78 is 0. The number of amides is 1. The molecule has 0 aliphatic rings. The average Bonchev–Trinajstić information content (AvgIpc) is 2.40. The highest BCUT2D eigenvalue weighted by Crippen LogP contribution is 2.08. The Kier molecular flexibility index (Phi) is 4.70. The van der Waals surface area contributed by atoms with Crippen molar-refractivity contribution in [3.63, 3.8) is 0 Å². The molecule has 2 rings (SSSR count). The van der Waals surface area contributed by atoms with E-state index in [9.17, 15) is 4.79 Å². The molecule has 0 aliphatic carbocycles. The van der Waals surface area contributed by atoms with Crippen molar-refractivity contribution in [2.45, 2.75) is 18.9 Å². The Labute approximate surface area is 113 Å². The molecular weight excluding hydrogens is 236 g/mol. The van der Waals surface area contributed by atoms with Crippen LogP contribution in [0.3, 0.4) is 0 Å². The largest absolute Gasteiger partial charge is 0.327 e. The van der Waals surface area contributed by atoms with Gasteiger partial charge in [0.1, 0.15) is 0 Å². The number of nitrogens with two attached hydrogens (primary N) is 1. The molecule has 0 unspecified atom stereocenters. The van der Waals surface area contributed by atoms with Crippen LogP contribution in [0.15, 0.2) is 60.7 Å². The number of anilines is 1. The summed E-state index contributed by atoms with van der Waals surface area (Å²) in [6, 6.07) is 19.2. The topological polar surface area (TPSA) is 55.1 Å². The molecule has 0 saturated carbocycles. The lowest BCUT2D eigenvalue weighted by Crippen LogP contribution is -2.29. The Morgan fingerprint density at radius 3 is 2.21 bits per heavy atom. The normalized spacial score (nSPS) is 11.8. The molecule has 0 radical (unpaired) electrons. The van der Waals surface area contributed by atoms with E-state index in [1.165, 1.54) is 0 Å². The predicted molar refractivity (Wildman–Crippen MR) is 77.8 cm³/mol. The Hall–Kier alpha value is -2.13. The van der Waals surface area contributed by atoms with E-state index in [0.717, 1.165) is 11.3 Å². The van der Waals surface area contributed by atoms with Crippen LogP contribution < -0.4 is 11.1 Å². The minimum absolute atomic E-state index is 0.0466. The number of carbonyl (C=O) groups excluding carboxylic acids is 1. The summed E-state index contributed by atoms with van der Waals surface area (Å²) in [6.45, 7) is 0. The van der Waals surface area contributed by atoms with Gasteiger partial charge in [0.2, 0.25) is 5.91 Å². The zero-order chi connectivity index (χ0) is 13.5. The molecule has 2 aromatic rings. The fourth-order valence-electron chi connectivity index (χ4n) is 1.96. The number of nitrogens with one attached hydrogen (secondary N) is 1. The maximum Gasteiger partial charge on any atom is 0.225 e. The van der Waals surface area contributed by atoms with Gasteiger partial charge in [0, 0.05) is 18.2 Å². The first-order valence-corrected chi connectivity index (χ1v) is 6.38. The van der Waals surface area contributed by atoms with Crippen molar-refractivity contribution in [2.24, 2.45) is 5.73 Å². The van der Waals surface area contributed by atoms with Crippen LogP contribution in [0.2, 0.25) is 0 Å². The molecule has 19 heavy (non-hydrogen) atoms. The second-order valence-corrected chi connectivity index (χ2v) is 4.57. The van der Waals surface area contributed by atoms with Crippen LogP contribution in [0.5, 0.6) is 0 Å². The molecule has 0 bridgehead atoms. The third-order valence-electron chi connectivity index (χ3n) is 2.85. The van der Waals surface area contributed by atoms with E-state index in [4.69, 9.17) is 5.73 Å². The molecule has 0 fully saturated rings. The molecule has 1 atom stereocenters. The third kappa shape index (κ3) is 4.56. The lowest BCUT2D eigenvalue weighted by atomic mass is 10.0. The van der Waals surface area contributed by atoms with Gasteiger partial charge < -0.3 is 11.1 Å². The van der Waals surface area contributed by atoms with Gasteiger partial charge in [0.05, 0.1) is 0 Å². The van der Waals surface area contributed by atoms with Crippen molar-refractivity contribution in [3.05, 3.63) is 66.2 Å². The van der Waals surface area contributed by atoms with Gasteiger partial charge in [-0.15, -0.1) is 0 Å². The van der Waals surface area contributed by atoms with Gasteiger partial charge in [-0.25, -0.2) is 0 Å². The van der Waals surface area contributed by atoms with E-state index >= 15 is 0 Å². The fraction of sp³-hybridized carbons (Fsp3) is 0.188. The average molecular weight is 254 g/mol. The molecule has 1 amide bonds. The summed E-state index contributed by atoms with van der Waals surface area (Å²) >= 11 is 0. The number of carbonyl (C=O) groups is 1. The standard InChI is InChI=1S/C16H18N2O/c17-14(11-13-7-3-1-4-8-13)12-16(19)18-15-9-5-2-6-10-15/h1-10,14H,11-12,17H2,(H,18,19)/t14-/m0/s1. The van der Waals surface area contributed by atoms with Crippen LogP contribution in [0.1, 0.15) is 12.0 Å². The van der Waals surface area contributed by atoms with Crippen LogP contribution in [0, 0.1) is 0 Å². The first kappa shape index (κ1) is 13.3. The lowest BCUT2D eigenvalue weighted by molar-refractivity contribution is -0.116. The number of benzene rings is 2. The van der Waals surface area contributed by atoms with Crippen LogP contribution in [0.25, 0.3) is 0 Å². The van der Waals surface area contributed by atoms with E-state index in [1.54, 1.807) is 0 Å². The van der Waals surface area contributed by atoms with Gasteiger partial charge in [-0.2, -0.15) is 0 Å². The van der Waals surface area contributed by atoms with Crippen molar-refractivity contribution in [2.75, 3.05) is 5.32 Å². The van der Waals surface area contributed by atoms with Gasteiger partial charge in [-0.05, 0) is 24.1 Å². The third-order valence-corrected chi connectivity index (χ3v) is 2.85. The monoisotopic (exact) mass is 254 g/mol. The maximum atomic E-state index is 11.8. The smallest absolute Gasteiger partial charge is 0.225 e. The van der Waals surface area contributed by atoms with E-state index in [1.807, 2.05) is 60.7 Å². The van der Waals surface area contributed by atoms with E-state index in [2.05, 4.69) is 5.32 Å². The van der Waals surface area contributed by atoms with Crippen molar-refractivity contribution in [1.29, 1.82) is 0 Å². The zero-order valence-electron chi connectivity index (χ0n) is 10.8. The highest BCUT2D eigenvalue weighted by Gasteiger charge is 2.10. The van der Waals surface area contributed by atoms with Crippen molar-refractivity contribution in [3.8, 4) is 0 Å². The minimum atomic E-state index is -0.161. The molecule has 2 aromatic carbocycles. The van der Waals surface area contributed by atoms with Gasteiger partial charge >= 0.3 is 0 Å². The Bertz CT molecular complexity index is 511. The zero-order valence-corrected chi connectivity index (χ0v) is 10.8. The molecule has 0 aromatic heterocycles. The number of hydrogen-bond acceptors (Lipinski definition) is 2. The summed E-state index contributed by atoms with van der Waals surface area (Å²) in [5, 5.41) is 2.84. The van der Waals surface area contributed by atoms with Crippen molar-refractivity contribution >= 4 is 11.6 Å². The van der Waals surface area contributed by atoms with Crippen LogP contribution >= 0.6 is 0 Å². The van der Waals surface area contributed by atoms with E-state index in [0.29, 0.717) is 12.8 Å². The SMILES string of the molecule is N[C@H](CC(=O)Nc1ccccc1)Cc1ccccc1. The minimum Gasteiger partial charge on any atom is -0.327 e. The summed E-state index contributed by atoms with van der Waals surface area (Å²) in [5.74, 6) is -0.0466. The molecule has 3 N–H and O–H groups in total. The summed E-state index contributed by atoms with van der Waals surface area (Å²) in [4.78, 5) is 11.8. The second kappa shape index (κ2) is 6.71. The summed E-state index contributed by atoms with van der Waals surface area (Å²) in [5.41, 5.74) is 7.96. The molecule has 0 aliphatic heterocycles. The molecule has 98 valence electrons. The van der Waals surface area contributed by atoms with Crippen molar-refractivity contribution in [1.82, 2.24) is 0 Å². The number of hydrogen-bond donors (Lipinski definition) is 2. The molecule has 0 saturated heterocycles. The van der Waals surface area contributed by atoms with E-state index < -0.39 is 0 Å². The predicted octanol–water partition coefficient (Wildman–Crippen LogP) is 2.59. The molecule has 0 spiro atoms. The van der Waals surface area contributed by atoms with Gasteiger partial charge in [0.25, 0.3) is 0 Å². The summed E-state index contributed by atoms with van der Waals surface area (Å²) in [7, 11) is 0. The first-order valence-electron chi connectivity index (χ1n) is 6.38. The van der Waals surface area contributed by atoms with Gasteiger partial charge in [-0.3, -0.25) is 4.79 Å². The molecular formula is C16H18N2O.